The average Bonchev–Trinajstić information content (AvgIpc) is 2.11. The Morgan fingerprint density at radius 1 is 1.38 bits per heavy atom. The summed E-state index contributed by atoms with van der Waals surface area (Å²) in [5.74, 6) is -0.122. The van der Waals surface area contributed by atoms with Gasteiger partial charge in [0.15, 0.2) is 0 Å². The second-order valence-electron chi connectivity index (χ2n) is 3.41. The Bertz CT molecular complexity index is 283. The predicted octanol–water partition coefficient (Wildman–Crippen LogP) is 2.59. The third-order valence-corrected chi connectivity index (χ3v) is 2.21. The quantitative estimate of drug-likeness (QED) is 0.692. The van der Waals surface area contributed by atoms with Crippen molar-refractivity contribution < 1.29 is 4.39 Å². The molecule has 1 aromatic rings. The van der Waals surface area contributed by atoms with Gasteiger partial charge in [-0.2, -0.15) is 0 Å². The van der Waals surface area contributed by atoms with Crippen LogP contribution in [0.5, 0.6) is 0 Å². The Kier molecular flexibility index (Phi) is 3.43. The zero-order valence-corrected chi connectivity index (χ0v) is 8.47. The number of benzene rings is 1. The van der Waals surface area contributed by atoms with Crippen LogP contribution >= 0.6 is 0 Å². The van der Waals surface area contributed by atoms with Crippen LogP contribution in [0.4, 0.5) is 4.39 Å². The molecule has 1 rings (SSSR count). The van der Waals surface area contributed by atoms with Crippen LogP contribution in [0.2, 0.25) is 0 Å². The maximum absolute atomic E-state index is 12.9. The molecule has 13 heavy (non-hydrogen) atoms. The molecule has 0 aliphatic heterocycles. The number of nitrogens with zero attached hydrogens (tertiary/aromatic N) is 1. The van der Waals surface area contributed by atoms with E-state index in [4.69, 9.17) is 0 Å². The third kappa shape index (κ3) is 2.81. The molecule has 0 radical (unpaired) electrons. The molecule has 0 aliphatic rings. The Hall–Kier alpha value is -0.890. The molecule has 0 amide bonds. The van der Waals surface area contributed by atoms with Gasteiger partial charge in [-0.05, 0) is 37.7 Å². The molecule has 0 atom stereocenters. The first-order valence-electron chi connectivity index (χ1n) is 4.57. The van der Waals surface area contributed by atoms with Crippen molar-refractivity contribution in [3.05, 3.63) is 35.1 Å². The summed E-state index contributed by atoms with van der Waals surface area (Å²) in [6, 6.07) is 5.28. The summed E-state index contributed by atoms with van der Waals surface area (Å²) in [7, 11) is 2.05. The lowest BCUT2D eigenvalue weighted by Crippen LogP contribution is -2.16. The van der Waals surface area contributed by atoms with E-state index in [-0.39, 0.29) is 5.82 Å². The Morgan fingerprint density at radius 3 is 2.62 bits per heavy atom. The van der Waals surface area contributed by atoms with Crippen molar-refractivity contribution in [1.82, 2.24) is 4.90 Å². The number of halogens is 1. The van der Waals surface area contributed by atoms with Crippen LogP contribution in [0.3, 0.4) is 0 Å². The van der Waals surface area contributed by atoms with Crippen molar-refractivity contribution in [3.8, 4) is 0 Å². The number of rotatable bonds is 3. The van der Waals surface area contributed by atoms with E-state index < -0.39 is 0 Å². The van der Waals surface area contributed by atoms with Crippen molar-refractivity contribution in [2.75, 3.05) is 13.6 Å². The fourth-order valence-corrected chi connectivity index (χ4v) is 1.23. The van der Waals surface area contributed by atoms with E-state index in [2.05, 4.69) is 18.9 Å². The van der Waals surface area contributed by atoms with Gasteiger partial charge in [0.05, 0.1) is 0 Å². The molecular weight excluding hydrogens is 165 g/mol. The van der Waals surface area contributed by atoms with Crippen molar-refractivity contribution >= 4 is 0 Å². The summed E-state index contributed by atoms with van der Waals surface area (Å²) in [6.45, 7) is 5.80. The average molecular weight is 181 g/mol. The van der Waals surface area contributed by atoms with Gasteiger partial charge in [0, 0.05) is 6.54 Å². The predicted molar refractivity (Wildman–Crippen MR) is 53.1 cm³/mol. The second-order valence-corrected chi connectivity index (χ2v) is 3.41. The fourth-order valence-electron chi connectivity index (χ4n) is 1.23. The number of aryl methyl sites for hydroxylation is 1. The first-order valence-corrected chi connectivity index (χ1v) is 4.57. The maximum atomic E-state index is 12.9. The lowest BCUT2D eigenvalue weighted by molar-refractivity contribution is 0.345. The van der Waals surface area contributed by atoms with E-state index >= 15 is 0 Å². The highest BCUT2D eigenvalue weighted by molar-refractivity contribution is 5.23. The second kappa shape index (κ2) is 4.38. The zero-order chi connectivity index (χ0) is 9.84. The standard InChI is InChI=1S/C11H16FN/c1-4-13(3)8-10-5-6-11(12)9(2)7-10/h5-7H,4,8H2,1-3H3. The van der Waals surface area contributed by atoms with Gasteiger partial charge in [0.2, 0.25) is 0 Å². The summed E-state index contributed by atoms with van der Waals surface area (Å²) in [4.78, 5) is 2.19. The normalized spacial score (nSPS) is 10.8. The molecule has 0 saturated heterocycles. The first kappa shape index (κ1) is 10.2. The minimum Gasteiger partial charge on any atom is -0.302 e. The highest BCUT2D eigenvalue weighted by Crippen LogP contribution is 2.10. The van der Waals surface area contributed by atoms with Crippen LogP contribution in [-0.2, 0) is 6.54 Å². The van der Waals surface area contributed by atoms with Crippen LogP contribution < -0.4 is 0 Å². The van der Waals surface area contributed by atoms with Gasteiger partial charge in [-0.15, -0.1) is 0 Å². The molecule has 0 heterocycles. The zero-order valence-electron chi connectivity index (χ0n) is 8.47. The van der Waals surface area contributed by atoms with Gasteiger partial charge in [0.25, 0.3) is 0 Å². The van der Waals surface area contributed by atoms with E-state index in [1.807, 2.05) is 12.1 Å². The van der Waals surface area contributed by atoms with Gasteiger partial charge < -0.3 is 4.90 Å². The molecule has 0 unspecified atom stereocenters. The Labute approximate surface area is 79.2 Å². The van der Waals surface area contributed by atoms with Crippen LogP contribution in [0.1, 0.15) is 18.1 Å². The van der Waals surface area contributed by atoms with Crippen LogP contribution in [-0.4, -0.2) is 18.5 Å². The summed E-state index contributed by atoms with van der Waals surface area (Å²) in [6.07, 6.45) is 0. The smallest absolute Gasteiger partial charge is 0.126 e. The van der Waals surface area contributed by atoms with Crippen LogP contribution in [0.15, 0.2) is 18.2 Å². The molecule has 0 bridgehead atoms. The topological polar surface area (TPSA) is 3.24 Å². The molecule has 0 aliphatic carbocycles. The highest BCUT2D eigenvalue weighted by Gasteiger charge is 2.00. The van der Waals surface area contributed by atoms with Crippen molar-refractivity contribution in [3.63, 3.8) is 0 Å². The highest BCUT2D eigenvalue weighted by atomic mass is 19.1. The summed E-state index contributed by atoms with van der Waals surface area (Å²) < 4.78 is 12.9. The number of hydrogen-bond donors (Lipinski definition) is 0. The van der Waals surface area contributed by atoms with Gasteiger partial charge in [-0.3, -0.25) is 0 Å². The molecule has 72 valence electrons. The van der Waals surface area contributed by atoms with Gasteiger partial charge in [-0.1, -0.05) is 19.1 Å². The summed E-state index contributed by atoms with van der Waals surface area (Å²) in [5.41, 5.74) is 1.89. The first-order chi connectivity index (χ1) is 6.13. The Balaban J connectivity index is 2.73. The van der Waals surface area contributed by atoms with Crippen LogP contribution in [0, 0.1) is 12.7 Å². The molecule has 1 nitrogen and oxygen atoms in total. The lowest BCUT2D eigenvalue weighted by Gasteiger charge is -2.14. The summed E-state index contributed by atoms with van der Waals surface area (Å²) in [5, 5.41) is 0. The molecule has 2 heteroatoms. The molecular formula is C11H16FN. The fraction of sp³-hybridized carbons (Fsp3) is 0.455. The van der Waals surface area contributed by atoms with Crippen molar-refractivity contribution in [1.29, 1.82) is 0 Å². The minimum atomic E-state index is -0.122. The SMILES string of the molecule is CCN(C)Cc1ccc(F)c(C)c1. The maximum Gasteiger partial charge on any atom is 0.126 e. The van der Waals surface area contributed by atoms with E-state index in [1.165, 1.54) is 11.6 Å². The third-order valence-electron chi connectivity index (χ3n) is 2.21. The minimum absolute atomic E-state index is 0.122. The molecule has 0 spiro atoms. The Morgan fingerprint density at radius 2 is 2.08 bits per heavy atom. The van der Waals surface area contributed by atoms with E-state index in [0.717, 1.165) is 18.7 Å². The van der Waals surface area contributed by atoms with Crippen molar-refractivity contribution in [2.45, 2.75) is 20.4 Å². The molecule has 0 N–H and O–H groups in total. The van der Waals surface area contributed by atoms with Crippen molar-refractivity contribution in [2.24, 2.45) is 0 Å². The summed E-state index contributed by atoms with van der Waals surface area (Å²) >= 11 is 0. The monoisotopic (exact) mass is 181 g/mol. The molecule has 0 fully saturated rings. The van der Waals surface area contributed by atoms with E-state index in [0.29, 0.717) is 0 Å². The van der Waals surface area contributed by atoms with Gasteiger partial charge in [-0.25, -0.2) is 4.39 Å². The van der Waals surface area contributed by atoms with Crippen LogP contribution in [0.25, 0.3) is 0 Å². The van der Waals surface area contributed by atoms with Gasteiger partial charge in [0.1, 0.15) is 5.82 Å². The molecule has 0 saturated carbocycles. The van der Waals surface area contributed by atoms with E-state index in [9.17, 15) is 4.39 Å². The molecule has 1 aromatic carbocycles. The largest absolute Gasteiger partial charge is 0.302 e. The van der Waals surface area contributed by atoms with Gasteiger partial charge >= 0.3 is 0 Å². The molecule has 0 aromatic heterocycles. The van der Waals surface area contributed by atoms with E-state index in [1.54, 1.807) is 6.92 Å². The lowest BCUT2D eigenvalue weighted by atomic mass is 10.1. The number of hydrogen-bond acceptors (Lipinski definition) is 1.